The number of benzene rings is 1. The van der Waals surface area contributed by atoms with Gasteiger partial charge in [-0.05, 0) is 37.1 Å². The van der Waals surface area contributed by atoms with Gasteiger partial charge in [0.05, 0.1) is 11.4 Å². The molecule has 20 heavy (non-hydrogen) atoms. The molecule has 0 saturated carbocycles. The molecule has 0 atom stereocenters. The summed E-state index contributed by atoms with van der Waals surface area (Å²) in [4.78, 5) is 4.30. The molecular weight excluding hydrogens is 252 g/mol. The number of pyridine rings is 1. The summed E-state index contributed by atoms with van der Waals surface area (Å²) in [5.74, 6) is 0.701. The van der Waals surface area contributed by atoms with Gasteiger partial charge in [0.15, 0.2) is 0 Å². The van der Waals surface area contributed by atoms with Gasteiger partial charge < -0.3 is 9.94 Å². The topological polar surface area (TPSA) is 54.7 Å². The lowest BCUT2D eigenvalue weighted by Gasteiger charge is -2.12. The third-order valence-corrected chi connectivity index (χ3v) is 3.14. The molecule has 0 saturated heterocycles. The largest absolute Gasteiger partial charge is 0.487 e. The summed E-state index contributed by atoms with van der Waals surface area (Å²) < 4.78 is 5.83. The molecule has 4 heteroatoms. The number of nitrogens with zero attached hydrogens (tertiary/aromatic N) is 2. The predicted octanol–water partition coefficient (Wildman–Crippen LogP) is 3.56. The first-order valence-electron chi connectivity index (χ1n) is 6.60. The summed E-state index contributed by atoms with van der Waals surface area (Å²) in [6, 6.07) is 11.5. The molecule has 0 fully saturated rings. The van der Waals surface area contributed by atoms with E-state index in [1.807, 2.05) is 50.2 Å². The van der Waals surface area contributed by atoms with Crippen molar-refractivity contribution in [2.45, 2.75) is 26.9 Å². The van der Waals surface area contributed by atoms with E-state index in [0.717, 1.165) is 16.8 Å². The molecule has 0 aliphatic rings. The Hall–Kier alpha value is -2.36. The average Bonchev–Trinajstić information content (AvgIpc) is 2.49. The molecule has 1 heterocycles. The zero-order valence-electron chi connectivity index (χ0n) is 11.7. The second kappa shape index (κ2) is 6.70. The Morgan fingerprint density at radius 3 is 2.75 bits per heavy atom. The van der Waals surface area contributed by atoms with Crippen molar-refractivity contribution in [1.29, 1.82) is 0 Å². The zero-order valence-corrected chi connectivity index (χ0v) is 11.7. The lowest BCUT2D eigenvalue weighted by Crippen LogP contribution is -2.06. The van der Waals surface area contributed by atoms with Gasteiger partial charge in [-0.15, -0.1) is 0 Å². The highest BCUT2D eigenvalue weighted by Crippen LogP contribution is 2.21. The van der Waals surface area contributed by atoms with Gasteiger partial charge in [-0.1, -0.05) is 30.3 Å². The van der Waals surface area contributed by atoms with Gasteiger partial charge in [0.2, 0.25) is 0 Å². The summed E-state index contributed by atoms with van der Waals surface area (Å²) in [5.41, 5.74) is 3.42. The third-order valence-electron chi connectivity index (χ3n) is 3.14. The van der Waals surface area contributed by atoms with E-state index in [2.05, 4.69) is 10.1 Å². The maximum absolute atomic E-state index is 9.05. The van der Waals surface area contributed by atoms with Crippen molar-refractivity contribution in [3.63, 3.8) is 0 Å². The van der Waals surface area contributed by atoms with Crippen molar-refractivity contribution in [2.24, 2.45) is 5.16 Å². The highest BCUT2D eigenvalue weighted by atomic mass is 16.5. The molecule has 2 rings (SSSR count). The SMILES string of the molecule is CC/C(=N/O)c1ccccc1OCc1ncccc1C. The second-order valence-electron chi connectivity index (χ2n) is 4.45. The Morgan fingerprint density at radius 2 is 2.05 bits per heavy atom. The fourth-order valence-electron chi connectivity index (χ4n) is 1.96. The van der Waals surface area contributed by atoms with Gasteiger partial charge in [0.1, 0.15) is 12.4 Å². The molecule has 4 nitrogen and oxygen atoms in total. The van der Waals surface area contributed by atoms with E-state index in [4.69, 9.17) is 9.94 Å². The van der Waals surface area contributed by atoms with Crippen LogP contribution in [0, 0.1) is 6.92 Å². The van der Waals surface area contributed by atoms with Crippen LogP contribution in [0.25, 0.3) is 0 Å². The summed E-state index contributed by atoms with van der Waals surface area (Å²) in [6.45, 7) is 4.34. The van der Waals surface area contributed by atoms with Crippen molar-refractivity contribution in [3.8, 4) is 5.75 Å². The van der Waals surface area contributed by atoms with Crippen molar-refractivity contribution in [1.82, 2.24) is 4.98 Å². The minimum Gasteiger partial charge on any atom is -0.487 e. The number of ether oxygens (including phenoxy) is 1. The Balaban J connectivity index is 2.20. The molecule has 0 aliphatic carbocycles. The van der Waals surface area contributed by atoms with Crippen molar-refractivity contribution >= 4 is 5.71 Å². The molecule has 0 spiro atoms. The lowest BCUT2D eigenvalue weighted by molar-refractivity contribution is 0.298. The fourth-order valence-corrected chi connectivity index (χ4v) is 1.96. The van der Waals surface area contributed by atoms with E-state index < -0.39 is 0 Å². The number of aromatic nitrogens is 1. The second-order valence-corrected chi connectivity index (χ2v) is 4.45. The molecule has 0 bridgehead atoms. The van der Waals surface area contributed by atoms with Gasteiger partial charge in [-0.3, -0.25) is 4.98 Å². The first-order chi connectivity index (χ1) is 9.76. The van der Waals surface area contributed by atoms with E-state index >= 15 is 0 Å². The Kier molecular flexibility index (Phi) is 4.71. The number of hydrogen-bond donors (Lipinski definition) is 1. The number of para-hydroxylation sites is 1. The van der Waals surface area contributed by atoms with Crippen LogP contribution >= 0.6 is 0 Å². The summed E-state index contributed by atoms with van der Waals surface area (Å²) in [7, 11) is 0. The van der Waals surface area contributed by atoms with Gasteiger partial charge in [0.25, 0.3) is 0 Å². The van der Waals surface area contributed by atoms with Gasteiger partial charge >= 0.3 is 0 Å². The van der Waals surface area contributed by atoms with Crippen LogP contribution in [0.3, 0.4) is 0 Å². The van der Waals surface area contributed by atoms with Crippen LogP contribution in [0.15, 0.2) is 47.8 Å². The van der Waals surface area contributed by atoms with Crippen molar-refractivity contribution in [3.05, 3.63) is 59.4 Å². The molecule has 104 valence electrons. The Labute approximate surface area is 118 Å². The van der Waals surface area contributed by atoms with Crippen LogP contribution in [-0.2, 0) is 6.61 Å². The molecule has 1 aromatic carbocycles. The quantitative estimate of drug-likeness (QED) is 0.513. The predicted molar refractivity (Wildman–Crippen MR) is 78.4 cm³/mol. The number of oxime groups is 1. The third kappa shape index (κ3) is 3.15. The van der Waals surface area contributed by atoms with Crippen LogP contribution in [0.1, 0.15) is 30.2 Å². The molecule has 0 radical (unpaired) electrons. The van der Waals surface area contributed by atoms with Crippen LogP contribution < -0.4 is 4.74 Å². The highest BCUT2D eigenvalue weighted by molar-refractivity contribution is 6.02. The molecule has 2 aromatic rings. The normalized spacial score (nSPS) is 11.4. The van der Waals surface area contributed by atoms with Gasteiger partial charge in [-0.2, -0.15) is 0 Å². The first kappa shape index (κ1) is 14.1. The molecule has 0 unspecified atom stereocenters. The highest BCUT2D eigenvalue weighted by Gasteiger charge is 2.10. The van der Waals surface area contributed by atoms with E-state index in [-0.39, 0.29) is 0 Å². The monoisotopic (exact) mass is 270 g/mol. The minimum absolute atomic E-state index is 0.395. The van der Waals surface area contributed by atoms with Crippen LogP contribution in [0.5, 0.6) is 5.75 Å². The van der Waals surface area contributed by atoms with Crippen LogP contribution in [0.4, 0.5) is 0 Å². The van der Waals surface area contributed by atoms with Gasteiger partial charge in [0, 0.05) is 11.8 Å². The smallest absolute Gasteiger partial charge is 0.130 e. The van der Waals surface area contributed by atoms with Gasteiger partial charge in [-0.25, -0.2) is 0 Å². The maximum atomic E-state index is 9.05. The average molecular weight is 270 g/mol. The van der Waals surface area contributed by atoms with Crippen molar-refractivity contribution < 1.29 is 9.94 Å². The number of aryl methyl sites for hydroxylation is 1. The summed E-state index contributed by atoms with van der Waals surface area (Å²) >= 11 is 0. The lowest BCUT2D eigenvalue weighted by atomic mass is 10.1. The van der Waals surface area contributed by atoms with E-state index in [1.54, 1.807) is 6.20 Å². The first-order valence-corrected chi connectivity index (χ1v) is 6.60. The fraction of sp³-hybridized carbons (Fsp3) is 0.250. The molecular formula is C16H18N2O2. The van der Waals surface area contributed by atoms with Crippen LogP contribution in [0.2, 0.25) is 0 Å². The van der Waals surface area contributed by atoms with E-state index in [0.29, 0.717) is 24.5 Å². The molecule has 0 amide bonds. The Bertz CT molecular complexity index is 609. The van der Waals surface area contributed by atoms with E-state index in [1.165, 1.54) is 0 Å². The van der Waals surface area contributed by atoms with Crippen molar-refractivity contribution in [2.75, 3.05) is 0 Å². The van der Waals surface area contributed by atoms with Crippen LogP contribution in [-0.4, -0.2) is 15.9 Å². The maximum Gasteiger partial charge on any atom is 0.130 e. The molecule has 1 N–H and O–H groups in total. The molecule has 1 aromatic heterocycles. The summed E-state index contributed by atoms with van der Waals surface area (Å²) in [6.07, 6.45) is 2.39. The number of hydrogen-bond acceptors (Lipinski definition) is 4. The zero-order chi connectivity index (χ0) is 14.4. The molecule has 0 aliphatic heterocycles. The Morgan fingerprint density at radius 1 is 1.25 bits per heavy atom. The van der Waals surface area contributed by atoms with E-state index in [9.17, 15) is 0 Å². The summed E-state index contributed by atoms with van der Waals surface area (Å²) in [5, 5.41) is 12.4. The minimum atomic E-state index is 0.395. The number of rotatable bonds is 5. The standard InChI is InChI=1S/C16H18N2O2/c1-3-14(18-19)13-8-4-5-9-16(13)20-11-15-12(2)7-6-10-17-15/h4-10,19H,3,11H2,1-2H3/b18-14-.